The highest BCUT2D eigenvalue weighted by atomic mass is 16.5. The van der Waals surface area contributed by atoms with Crippen LogP contribution < -0.4 is 15.6 Å². The molecule has 1 fully saturated rings. The third kappa shape index (κ3) is 3.88. The van der Waals surface area contributed by atoms with Crippen LogP contribution in [0.3, 0.4) is 0 Å². The van der Waals surface area contributed by atoms with Crippen LogP contribution in [0.1, 0.15) is 54.7 Å². The summed E-state index contributed by atoms with van der Waals surface area (Å²) >= 11 is 0. The van der Waals surface area contributed by atoms with E-state index in [1.165, 1.54) is 0 Å². The largest absolute Gasteiger partial charge is 0.493 e. The number of fused-ring (bicyclic) bond motifs is 1. The maximum absolute atomic E-state index is 12.9. The van der Waals surface area contributed by atoms with E-state index in [0.29, 0.717) is 29.0 Å². The monoisotopic (exact) mass is 391 g/mol. The quantitative estimate of drug-likeness (QED) is 0.693. The van der Waals surface area contributed by atoms with Crippen LogP contribution in [0.15, 0.2) is 53.3 Å². The summed E-state index contributed by atoms with van der Waals surface area (Å²) < 4.78 is 7.19. The normalized spacial score (nSPS) is 14.2. The van der Waals surface area contributed by atoms with Crippen molar-refractivity contribution < 1.29 is 9.53 Å². The van der Waals surface area contributed by atoms with Crippen molar-refractivity contribution >= 4 is 16.7 Å². The molecule has 3 aromatic rings. The summed E-state index contributed by atoms with van der Waals surface area (Å²) in [7, 11) is 0. The van der Waals surface area contributed by atoms with E-state index < -0.39 is 0 Å². The number of nitrogens with one attached hydrogen (secondary N) is 1. The van der Waals surface area contributed by atoms with Gasteiger partial charge in [-0.15, -0.1) is 0 Å². The lowest BCUT2D eigenvalue weighted by Gasteiger charge is -2.16. The van der Waals surface area contributed by atoms with Gasteiger partial charge in [0.1, 0.15) is 5.75 Å². The zero-order chi connectivity index (χ0) is 20.2. The SMILES string of the molecule is CCOc1ccccc1C(=O)NCc1nn(C2CCCC2)c(=O)c2ccccc12. The van der Waals surface area contributed by atoms with Gasteiger partial charge in [0.15, 0.2) is 0 Å². The van der Waals surface area contributed by atoms with Crippen molar-refractivity contribution in [2.75, 3.05) is 6.61 Å². The van der Waals surface area contributed by atoms with Crippen molar-refractivity contribution in [1.82, 2.24) is 15.1 Å². The van der Waals surface area contributed by atoms with E-state index in [0.717, 1.165) is 31.1 Å². The number of hydrogen-bond acceptors (Lipinski definition) is 4. The molecule has 2 aromatic carbocycles. The van der Waals surface area contributed by atoms with Gasteiger partial charge in [-0.05, 0) is 38.0 Å². The van der Waals surface area contributed by atoms with Crippen LogP contribution in [0.2, 0.25) is 0 Å². The molecule has 0 aliphatic heterocycles. The smallest absolute Gasteiger partial charge is 0.274 e. The molecule has 0 unspecified atom stereocenters. The van der Waals surface area contributed by atoms with Crippen LogP contribution in [0.5, 0.6) is 5.75 Å². The number of amides is 1. The van der Waals surface area contributed by atoms with Gasteiger partial charge < -0.3 is 10.1 Å². The zero-order valence-corrected chi connectivity index (χ0v) is 16.6. The minimum atomic E-state index is -0.224. The first-order chi connectivity index (χ1) is 14.2. The minimum absolute atomic E-state index is 0.0516. The van der Waals surface area contributed by atoms with Crippen LogP contribution in [0.25, 0.3) is 10.8 Å². The molecular formula is C23H25N3O3. The second-order valence-electron chi connectivity index (χ2n) is 7.29. The third-order valence-corrected chi connectivity index (χ3v) is 5.42. The molecule has 4 rings (SSSR count). The van der Waals surface area contributed by atoms with Gasteiger partial charge in [0, 0.05) is 5.39 Å². The Balaban J connectivity index is 1.65. The van der Waals surface area contributed by atoms with E-state index >= 15 is 0 Å². The molecule has 1 aliphatic rings. The van der Waals surface area contributed by atoms with Gasteiger partial charge >= 0.3 is 0 Å². The van der Waals surface area contributed by atoms with E-state index in [9.17, 15) is 9.59 Å². The molecule has 1 aromatic heterocycles. The fourth-order valence-corrected chi connectivity index (χ4v) is 4.00. The fourth-order valence-electron chi connectivity index (χ4n) is 4.00. The lowest BCUT2D eigenvalue weighted by molar-refractivity contribution is 0.0946. The summed E-state index contributed by atoms with van der Waals surface area (Å²) in [5, 5.41) is 9.04. The Morgan fingerprint density at radius 3 is 2.55 bits per heavy atom. The van der Waals surface area contributed by atoms with Crippen molar-refractivity contribution in [3.63, 3.8) is 0 Å². The van der Waals surface area contributed by atoms with Gasteiger partial charge in [0.2, 0.25) is 0 Å². The molecule has 0 atom stereocenters. The van der Waals surface area contributed by atoms with Crippen LogP contribution in [0.4, 0.5) is 0 Å². The molecule has 1 aliphatic carbocycles. The summed E-state index contributed by atoms with van der Waals surface area (Å²) in [5.74, 6) is 0.333. The number of nitrogens with zero attached hydrogens (tertiary/aromatic N) is 2. The first kappa shape index (κ1) is 19.2. The highest BCUT2D eigenvalue weighted by molar-refractivity contribution is 5.97. The lowest BCUT2D eigenvalue weighted by Crippen LogP contribution is -2.30. The fraction of sp³-hybridized carbons (Fsp3) is 0.348. The molecule has 0 radical (unpaired) electrons. The first-order valence-electron chi connectivity index (χ1n) is 10.2. The Hall–Kier alpha value is -3.15. The van der Waals surface area contributed by atoms with Crippen LogP contribution in [-0.2, 0) is 6.54 Å². The van der Waals surface area contributed by atoms with Gasteiger partial charge in [-0.3, -0.25) is 9.59 Å². The Morgan fingerprint density at radius 2 is 1.79 bits per heavy atom. The minimum Gasteiger partial charge on any atom is -0.493 e. The number of hydrogen-bond donors (Lipinski definition) is 1. The molecule has 150 valence electrons. The van der Waals surface area contributed by atoms with Crippen molar-refractivity contribution in [3.05, 3.63) is 70.1 Å². The van der Waals surface area contributed by atoms with E-state index in [1.807, 2.05) is 43.3 Å². The maximum atomic E-state index is 12.9. The Bertz CT molecular complexity index is 1080. The van der Waals surface area contributed by atoms with E-state index in [4.69, 9.17) is 4.74 Å². The van der Waals surface area contributed by atoms with Crippen LogP contribution in [0, 0.1) is 0 Å². The highest BCUT2D eigenvalue weighted by Gasteiger charge is 2.22. The van der Waals surface area contributed by atoms with E-state index in [2.05, 4.69) is 10.4 Å². The van der Waals surface area contributed by atoms with E-state index in [-0.39, 0.29) is 24.1 Å². The summed E-state index contributed by atoms with van der Waals surface area (Å²) in [6.07, 6.45) is 4.18. The second-order valence-corrected chi connectivity index (χ2v) is 7.29. The van der Waals surface area contributed by atoms with Crippen molar-refractivity contribution in [2.45, 2.75) is 45.2 Å². The van der Waals surface area contributed by atoms with Crippen molar-refractivity contribution in [3.8, 4) is 5.75 Å². The maximum Gasteiger partial charge on any atom is 0.274 e. The molecule has 1 N–H and O–H groups in total. The van der Waals surface area contributed by atoms with Gasteiger partial charge in [0.25, 0.3) is 11.5 Å². The summed E-state index contributed by atoms with van der Waals surface area (Å²) in [6.45, 7) is 2.62. The standard InChI is InChI=1S/C23H25N3O3/c1-2-29-21-14-8-7-13-19(21)22(27)24-15-20-17-11-5-6-12-18(17)23(28)26(25-20)16-9-3-4-10-16/h5-8,11-14,16H,2-4,9-10,15H2,1H3,(H,24,27). The molecule has 0 bridgehead atoms. The zero-order valence-electron chi connectivity index (χ0n) is 16.6. The molecular weight excluding hydrogens is 366 g/mol. The number of carbonyl (C=O) groups is 1. The second kappa shape index (κ2) is 8.47. The average molecular weight is 391 g/mol. The molecule has 1 amide bonds. The molecule has 0 spiro atoms. The van der Waals surface area contributed by atoms with Gasteiger partial charge in [-0.2, -0.15) is 5.10 Å². The number of ether oxygens (including phenoxy) is 1. The van der Waals surface area contributed by atoms with Gasteiger partial charge in [-0.1, -0.05) is 43.2 Å². The topological polar surface area (TPSA) is 73.2 Å². The Kier molecular flexibility index (Phi) is 5.60. The molecule has 6 nitrogen and oxygen atoms in total. The lowest BCUT2D eigenvalue weighted by atomic mass is 10.1. The molecule has 1 saturated carbocycles. The Morgan fingerprint density at radius 1 is 1.10 bits per heavy atom. The summed E-state index contributed by atoms with van der Waals surface area (Å²) in [4.78, 5) is 25.7. The molecule has 6 heteroatoms. The van der Waals surface area contributed by atoms with Gasteiger partial charge in [-0.25, -0.2) is 4.68 Å². The highest BCUT2D eigenvalue weighted by Crippen LogP contribution is 2.28. The number of aromatic nitrogens is 2. The molecule has 1 heterocycles. The molecule has 29 heavy (non-hydrogen) atoms. The summed E-state index contributed by atoms with van der Waals surface area (Å²) in [5.41, 5.74) is 1.14. The van der Waals surface area contributed by atoms with Crippen molar-refractivity contribution in [2.24, 2.45) is 0 Å². The van der Waals surface area contributed by atoms with Crippen LogP contribution >= 0.6 is 0 Å². The van der Waals surface area contributed by atoms with E-state index in [1.54, 1.807) is 16.8 Å². The van der Waals surface area contributed by atoms with Crippen LogP contribution in [-0.4, -0.2) is 22.3 Å². The first-order valence-corrected chi connectivity index (χ1v) is 10.2. The van der Waals surface area contributed by atoms with Gasteiger partial charge in [0.05, 0.1) is 35.8 Å². The molecule has 0 saturated heterocycles. The van der Waals surface area contributed by atoms with Crippen molar-refractivity contribution in [1.29, 1.82) is 0 Å². The predicted molar refractivity (Wildman–Crippen MR) is 112 cm³/mol. The third-order valence-electron chi connectivity index (χ3n) is 5.42. The number of para-hydroxylation sites is 1. The predicted octanol–water partition coefficient (Wildman–Crippen LogP) is 3.84. The average Bonchev–Trinajstić information content (AvgIpc) is 3.28. The Labute approximate surface area is 169 Å². The number of benzene rings is 2. The number of carbonyl (C=O) groups excluding carboxylic acids is 1. The summed E-state index contributed by atoms with van der Waals surface area (Å²) in [6, 6.07) is 14.8. The number of rotatable bonds is 6.